The number of hydrogen-bond donors (Lipinski definition) is 1. The number of rotatable bonds is 9. The number of aromatic nitrogens is 1. The van der Waals surface area contributed by atoms with Gasteiger partial charge < -0.3 is 19.7 Å². The van der Waals surface area contributed by atoms with Gasteiger partial charge in [0.25, 0.3) is 0 Å². The van der Waals surface area contributed by atoms with Crippen LogP contribution in [0.4, 0.5) is 5.69 Å². The average Bonchev–Trinajstić information content (AvgIpc) is 3.30. The third-order valence-corrected chi connectivity index (χ3v) is 6.95. The van der Waals surface area contributed by atoms with Crippen LogP contribution in [-0.2, 0) is 12.8 Å². The van der Waals surface area contributed by atoms with Gasteiger partial charge >= 0.3 is 0 Å². The number of likely N-dealkylation sites (tertiary alicyclic amines) is 1. The number of nitrogens with zero attached hydrogens (tertiary/aromatic N) is 2. The highest BCUT2D eigenvalue weighted by Crippen LogP contribution is 2.40. The smallest absolute Gasteiger partial charge is 0.163 e. The third kappa shape index (κ3) is 4.22. The van der Waals surface area contributed by atoms with Gasteiger partial charge in [0.1, 0.15) is 0 Å². The largest absolute Gasteiger partial charge is 0.493 e. The second-order valence-corrected chi connectivity index (χ2v) is 9.51. The molecule has 0 amide bonds. The molecule has 2 fully saturated rings. The minimum atomic E-state index is 0.713. The number of anilines is 1. The molecule has 1 saturated heterocycles. The fourth-order valence-electron chi connectivity index (χ4n) is 5.01. The third-order valence-electron chi connectivity index (χ3n) is 6.95. The molecule has 3 aliphatic rings. The van der Waals surface area contributed by atoms with Gasteiger partial charge in [0.05, 0.1) is 19.2 Å². The lowest BCUT2D eigenvalue weighted by Crippen LogP contribution is -2.23. The van der Waals surface area contributed by atoms with E-state index < -0.39 is 0 Å². The molecule has 1 unspecified atom stereocenters. The van der Waals surface area contributed by atoms with Crippen molar-refractivity contribution in [3.63, 3.8) is 0 Å². The summed E-state index contributed by atoms with van der Waals surface area (Å²) >= 11 is 0. The maximum Gasteiger partial charge on any atom is 0.163 e. The van der Waals surface area contributed by atoms with Gasteiger partial charge in [0.2, 0.25) is 0 Å². The Labute approximate surface area is 180 Å². The van der Waals surface area contributed by atoms with E-state index in [9.17, 15) is 0 Å². The summed E-state index contributed by atoms with van der Waals surface area (Å²) in [5.41, 5.74) is 4.99. The highest BCUT2D eigenvalue weighted by molar-refractivity contribution is 5.96. The van der Waals surface area contributed by atoms with Crippen LogP contribution in [0.5, 0.6) is 11.5 Å². The molecule has 1 atom stereocenters. The molecule has 1 aromatic carbocycles. The van der Waals surface area contributed by atoms with Crippen LogP contribution in [0.15, 0.2) is 12.1 Å². The van der Waals surface area contributed by atoms with E-state index in [4.69, 9.17) is 14.5 Å². The molecule has 5 heteroatoms. The Morgan fingerprint density at radius 2 is 2.07 bits per heavy atom. The van der Waals surface area contributed by atoms with Gasteiger partial charge in [-0.3, -0.25) is 4.98 Å². The normalized spacial score (nSPS) is 21.2. The summed E-state index contributed by atoms with van der Waals surface area (Å²) in [6.45, 7) is 7.69. The van der Waals surface area contributed by atoms with Crippen LogP contribution in [0.25, 0.3) is 10.9 Å². The topological polar surface area (TPSA) is 46.6 Å². The number of nitrogens with one attached hydrogen (secondary N) is 1. The average molecular weight is 410 g/mol. The van der Waals surface area contributed by atoms with Crippen molar-refractivity contribution in [3.8, 4) is 11.5 Å². The monoisotopic (exact) mass is 409 g/mol. The first-order chi connectivity index (χ1) is 14.7. The minimum absolute atomic E-state index is 0.713. The van der Waals surface area contributed by atoms with Crippen LogP contribution in [-0.4, -0.2) is 49.8 Å². The van der Waals surface area contributed by atoms with Crippen LogP contribution in [0, 0.1) is 11.8 Å². The van der Waals surface area contributed by atoms with Crippen LogP contribution < -0.4 is 14.8 Å². The summed E-state index contributed by atoms with van der Waals surface area (Å²) in [6, 6.07) is 4.22. The zero-order valence-electron chi connectivity index (χ0n) is 18.5. The van der Waals surface area contributed by atoms with E-state index in [-0.39, 0.29) is 0 Å². The molecule has 2 heterocycles. The Morgan fingerprint density at radius 3 is 2.83 bits per heavy atom. The Balaban J connectivity index is 1.34. The maximum atomic E-state index is 6.18. The molecule has 0 spiro atoms. The first-order valence-electron chi connectivity index (χ1n) is 11.8. The molecule has 5 nitrogen and oxygen atoms in total. The molecule has 1 aliphatic heterocycles. The lowest BCUT2D eigenvalue weighted by atomic mass is 10.1. The second-order valence-electron chi connectivity index (χ2n) is 9.51. The van der Waals surface area contributed by atoms with E-state index in [1.165, 1.54) is 61.1 Å². The van der Waals surface area contributed by atoms with Crippen molar-refractivity contribution >= 4 is 16.6 Å². The van der Waals surface area contributed by atoms with Gasteiger partial charge in [-0.05, 0) is 75.0 Å². The number of hydrogen-bond acceptors (Lipinski definition) is 5. The predicted molar refractivity (Wildman–Crippen MR) is 122 cm³/mol. The van der Waals surface area contributed by atoms with Crippen molar-refractivity contribution in [1.82, 2.24) is 9.88 Å². The van der Waals surface area contributed by atoms with Crippen LogP contribution in [0.2, 0.25) is 0 Å². The quantitative estimate of drug-likeness (QED) is 0.610. The Kier molecular flexibility index (Phi) is 5.72. The van der Waals surface area contributed by atoms with Gasteiger partial charge in [-0.15, -0.1) is 0 Å². The number of fused-ring (bicyclic) bond motifs is 2. The summed E-state index contributed by atoms with van der Waals surface area (Å²) in [5, 5.41) is 4.94. The molecule has 1 aromatic heterocycles. The number of methoxy groups -OCH3 is 1. The van der Waals surface area contributed by atoms with Crippen molar-refractivity contribution in [2.75, 3.05) is 45.2 Å². The molecule has 5 rings (SSSR count). The predicted octanol–water partition coefficient (Wildman–Crippen LogP) is 4.66. The molecule has 2 aliphatic carbocycles. The number of pyridine rings is 1. The number of benzene rings is 1. The van der Waals surface area contributed by atoms with E-state index in [0.717, 1.165) is 61.2 Å². The maximum absolute atomic E-state index is 6.18. The summed E-state index contributed by atoms with van der Waals surface area (Å²) < 4.78 is 11.9. The lowest BCUT2D eigenvalue weighted by molar-refractivity contribution is 0.251. The highest BCUT2D eigenvalue weighted by atomic mass is 16.5. The van der Waals surface area contributed by atoms with Crippen LogP contribution >= 0.6 is 0 Å². The summed E-state index contributed by atoms with van der Waals surface area (Å²) in [4.78, 5) is 7.56. The SMILES string of the molecule is COc1cc2c(NCC3CC3)c3c(nc2cc1OCCCN1CCC(C)C1)CCC3. The summed E-state index contributed by atoms with van der Waals surface area (Å²) in [5.74, 6) is 3.31. The standard InChI is InChI=1S/C25H35N3O2/c1-17-9-11-28(16-17)10-4-12-30-24-14-22-20(13-23(24)29-2)25(26-15-18-7-8-18)19-5-3-6-21(19)27-22/h13-14,17-18H,3-12,15-16H2,1-2H3,(H,26,27). The zero-order valence-corrected chi connectivity index (χ0v) is 18.5. The van der Waals surface area contributed by atoms with E-state index in [2.05, 4.69) is 29.3 Å². The Bertz CT molecular complexity index is 909. The van der Waals surface area contributed by atoms with Gasteiger partial charge in [0.15, 0.2) is 11.5 Å². The first-order valence-corrected chi connectivity index (χ1v) is 11.8. The Hall–Kier alpha value is -2.01. The highest BCUT2D eigenvalue weighted by Gasteiger charge is 2.25. The molecule has 1 saturated carbocycles. The number of aryl methyl sites for hydroxylation is 1. The van der Waals surface area contributed by atoms with Crippen molar-refractivity contribution in [2.45, 2.75) is 51.9 Å². The second kappa shape index (κ2) is 8.62. The fourth-order valence-corrected chi connectivity index (χ4v) is 5.01. The van der Waals surface area contributed by atoms with E-state index in [0.29, 0.717) is 6.61 Å². The van der Waals surface area contributed by atoms with Gasteiger partial charge in [-0.2, -0.15) is 0 Å². The number of ether oxygens (including phenoxy) is 2. The van der Waals surface area contributed by atoms with E-state index in [1.54, 1.807) is 7.11 Å². The first kappa shape index (κ1) is 19.9. The van der Waals surface area contributed by atoms with Crippen LogP contribution in [0.3, 0.4) is 0 Å². The van der Waals surface area contributed by atoms with Gasteiger partial charge in [0, 0.05) is 42.5 Å². The van der Waals surface area contributed by atoms with Crippen molar-refractivity contribution in [3.05, 3.63) is 23.4 Å². The molecule has 1 N–H and O–H groups in total. The molecule has 2 aromatic rings. The molecule has 30 heavy (non-hydrogen) atoms. The van der Waals surface area contributed by atoms with Gasteiger partial charge in [-0.25, -0.2) is 0 Å². The molecular weight excluding hydrogens is 374 g/mol. The van der Waals surface area contributed by atoms with E-state index >= 15 is 0 Å². The summed E-state index contributed by atoms with van der Waals surface area (Å²) in [7, 11) is 1.73. The van der Waals surface area contributed by atoms with Crippen molar-refractivity contribution < 1.29 is 9.47 Å². The van der Waals surface area contributed by atoms with Crippen LogP contribution in [0.1, 0.15) is 50.3 Å². The fraction of sp³-hybridized carbons (Fsp3) is 0.640. The zero-order chi connectivity index (χ0) is 20.5. The van der Waals surface area contributed by atoms with E-state index in [1.807, 2.05) is 0 Å². The Morgan fingerprint density at radius 1 is 1.17 bits per heavy atom. The molecule has 162 valence electrons. The molecular formula is C25H35N3O2. The molecule has 0 radical (unpaired) electrons. The lowest BCUT2D eigenvalue weighted by Gasteiger charge is -2.18. The molecule has 0 bridgehead atoms. The van der Waals surface area contributed by atoms with Gasteiger partial charge in [-0.1, -0.05) is 6.92 Å². The van der Waals surface area contributed by atoms with Crippen molar-refractivity contribution in [2.24, 2.45) is 11.8 Å². The summed E-state index contributed by atoms with van der Waals surface area (Å²) in [6.07, 6.45) is 8.49. The van der Waals surface area contributed by atoms with Crippen molar-refractivity contribution in [1.29, 1.82) is 0 Å². The minimum Gasteiger partial charge on any atom is -0.493 e.